The highest BCUT2D eigenvalue weighted by atomic mass is 16.5. The van der Waals surface area contributed by atoms with Gasteiger partial charge in [0, 0.05) is 6.54 Å². The number of hydrogen-bond donors (Lipinski definition) is 1. The zero-order valence-corrected chi connectivity index (χ0v) is 19.2. The number of aromatic nitrogens is 2. The van der Waals surface area contributed by atoms with E-state index in [1.54, 1.807) is 24.0 Å². The number of anilines is 1. The van der Waals surface area contributed by atoms with Gasteiger partial charge in [0.25, 0.3) is 0 Å². The second-order valence-electron chi connectivity index (χ2n) is 8.07. The van der Waals surface area contributed by atoms with Crippen LogP contribution in [0.2, 0.25) is 0 Å². The van der Waals surface area contributed by atoms with Gasteiger partial charge in [-0.3, -0.25) is 14.5 Å². The summed E-state index contributed by atoms with van der Waals surface area (Å²) in [4.78, 5) is 33.3. The number of carbonyl (C=O) groups excluding carboxylic acids is 2. The normalized spacial score (nSPS) is 17.8. The molecule has 0 aliphatic carbocycles. The number of amides is 1. The number of phenols is 1. The number of rotatable bonds is 8. The number of methoxy groups -OCH3 is 1. The van der Waals surface area contributed by atoms with Crippen LogP contribution in [0.1, 0.15) is 44.7 Å². The number of unbranched alkanes of at least 4 members (excludes halogenated alkanes) is 2. The molecule has 0 bridgehead atoms. The van der Waals surface area contributed by atoms with Gasteiger partial charge < -0.3 is 19.1 Å². The van der Waals surface area contributed by atoms with Crippen molar-refractivity contribution in [2.75, 3.05) is 25.2 Å². The van der Waals surface area contributed by atoms with Gasteiger partial charge in [-0.05, 0) is 43.2 Å². The highest BCUT2D eigenvalue weighted by Crippen LogP contribution is 2.43. The SMILES string of the molecule is CCCCCN1C(=O)[C@H](C(=O)OCC)[C@H](c2ccc(O)c(OC)c2)n2c1nc1ccccc12. The molecule has 1 aromatic heterocycles. The van der Waals surface area contributed by atoms with Gasteiger partial charge in [-0.2, -0.15) is 0 Å². The Hall–Kier alpha value is -3.55. The second kappa shape index (κ2) is 9.52. The molecule has 1 amide bonds. The van der Waals surface area contributed by atoms with Crippen molar-refractivity contribution in [1.29, 1.82) is 0 Å². The number of imidazole rings is 1. The second-order valence-corrected chi connectivity index (χ2v) is 8.07. The average Bonchev–Trinajstić information content (AvgIpc) is 3.19. The van der Waals surface area contributed by atoms with Crippen LogP contribution in [-0.4, -0.2) is 46.8 Å². The van der Waals surface area contributed by atoms with E-state index in [2.05, 4.69) is 6.92 Å². The minimum atomic E-state index is -1.09. The maximum atomic E-state index is 13.8. The first-order chi connectivity index (χ1) is 16.0. The number of fused-ring (bicyclic) bond motifs is 3. The van der Waals surface area contributed by atoms with Crippen LogP contribution in [0.4, 0.5) is 5.95 Å². The lowest BCUT2D eigenvalue weighted by Crippen LogP contribution is -2.50. The molecule has 0 saturated heterocycles. The van der Waals surface area contributed by atoms with Crippen LogP contribution < -0.4 is 9.64 Å². The molecule has 0 spiro atoms. The molecule has 0 fully saturated rings. The first kappa shape index (κ1) is 22.6. The van der Waals surface area contributed by atoms with Crippen molar-refractivity contribution in [3.63, 3.8) is 0 Å². The summed E-state index contributed by atoms with van der Waals surface area (Å²) in [6.07, 6.45) is 2.78. The lowest BCUT2D eigenvalue weighted by molar-refractivity contribution is -0.153. The minimum absolute atomic E-state index is 0.0204. The van der Waals surface area contributed by atoms with E-state index in [9.17, 15) is 14.7 Å². The van der Waals surface area contributed by atoms with Crippen LogP contribution in [-0.2, 0) is 14.3 Å². The number of benzene rings is 2. The van der Waals surface area contributed by atoms with E-state index in [1.807, 2.05) is 28.8 Å². The zero-order valence-electron chi connectivity index (χ0n) is 19.2. The number of para-hydroxylation sites is 2. The van der Waals surface area contributed by atoms with Gasteiger partial charge in [0.05, 0.1) is 30.8 Å². The molecule has 2 atom stereocenters. The summed E-state index contributed by atoms with van der Waals surface area (Å²) in [5.41, 5.74) is 2.20. The van der Waals surface area contributed by atoms with Crippen LogP contribution >= 0.6 is 0 Å². The highest BCUT2D eigenvalue weighted by Gasteiger charge is 2.47. The van der Waals surface area contributed by atoms with Gasteiger partial charge in [-0.25, -0.2) is 4.98 Å². The fourth-order valence-corrected chi connectivity index (χ4v) is 4.46. The maximum Gasteiger partial charge on any atom is 0.321 e. The monoisotopic (exact) mass is 451 g/mol. The Bertz CT molecular complexity index is 1170. The summed E-state index contributed by atoms with van der Waals surface area (Å²) in [5, 5.41) is 10.1. The molecule has 1 aliphatic heterocycles. The van der Waals surface area contributed by atoms with Crippen molar-refractivity contribution in [3.05, 3.63) is 48.0 Å². The molecule has 8 nitrogen and oxygen atoms in total. The third-order valence-corrected chi connectivity index (χ3v) is 6.02. The predicted molar refractivity (Wildman–Crippen MR) is 125 cm³/mol. The van der Waals surface area contributed by atoms with Crippen LogP contribution in [0.15, 0.2) is 42.5 Å². The molecule has 2 heterocycles. The van der Waals surface area contributed by atoms with Gasteiger partial charge in [0.15, 0.2) is 17.4 Å². The van der Waals surface area contributed by atoms with Crippen LogP contribution in [0.25, 0.3) is 11.0 Å². The summed E-state index contributed by atoms with van der Waals surface area (Å²) in [5.74, 6) is -1.25. The third-order valence-electron chi connectivity index (χ3n) is 6.02. The molecular formula is C25H29N3O5. The number of aromatic hydroxyl groups is 1. The number of nitrogens with zero attached hydrogens (tertiary/aromatic N) is 3. The van der Waals surface area contributed by atoms with E-state index in [4.69, 9.17) is 14.5 Å². The molecule has 33 heavy (non-hydrogen) atoms. The molecular weight excluding hydrogens is 422 g/mol. The molecule has 4 rings (SSSR count). The number of phenolic OH excluding ortho intramolecular Hbond substituents is 1. The van der Waals surface area contributed by atoms with Gasteiger partial charge in [-0.1, -0.05) is 38.0 Å². The average molecular weight is 452 g/mol. The summed E-state index contributed by atoms with van der Waals surface area (Å²) >= 11 is 0. The summed E-state index contributed by atoms with van der Waals surface area (Å²) in [6.45, 7) is 4.46. The van der Waals surface area contributed by atoms with E-state index in [0.29, 0.717) is 18.1 Å². The van der Waals surface area contributed by atoms with E-state index < -0.39 is 17.9 Å². The zero-order chi connectivity index (χ0) is 23.5. The van der Waals surface area contributed by atoms with E-state index >= 15 is 0 Å². The molecule has 8 heteroatoms. The molecule has 0 unspecified atom stereocenters. The summed E-state index contributed by atoms with van der Waals surface area (Å²) in [6, 6.07) is 11.8. The number of ether oxygens (including phenoxy) is 2. The fourth-order valence-electron chi connectivity index (χ4n) is 4.46. The Morgan fingerprint density at radius 1 is 1.15 bits per heavy atom. The fraction of sp³-hybridized carbons (Fsp3) is 0.400. The van der Waals surface area contributed by atoms with Gasteiger partial charge >= 0.3 is 5.97 Å². The quantitative estimate of drug-likeness (QED) is 0.315. The first-order valence-corrected chi connectivity index (χ1v) is 11.3. The van der Waals surface area contributed by atoms with Crippen molar-refractivity contribution >= 4 is 28.9 Å². The predicted octanol–water partition coefficient (Wildman–Crippen LogP) is 4.06. The lowest BCUT2D eigenvalue weighted by Gasteiger charge is -2.38. The van der Waals surface area contributed by atoms with Gasteiger partial charge in [0.2, 0.25) is 11.9 Å². The number of esters is 1. The van der Waals surface area contributed by atoms with Crippen molar-refractivity contribution in [1.82, 2.24) is 9.55 Å². The Morgan fingerprint density at radius 3 is 2.67 bits per heavy atom. The number of carbonyl (C=O) groups is 2. The summed E-state index contributed by atoms with van der Waals surface area (Å²) in [7, 11) is 1.46. The van der Waals surface area contributed by atoms with E-state index in [1.165, 1.54) is 13.2 Å². The van der Waals surface area contributed by atoms with Crippen LogP contribution in [0, 0.1) is 5.92 Å². The maximum absolute atomic E-state index is 13.8. The van der Waals surface area contributed by atoms with Crippen molar-refractivity contribution in [2.45, 2.75) is 39.2 Å². The lowest BCUT2D eigenvalue weighted by atomic mass is 9.89. The van der Waals surface area contributed by atoms with Gasteiger partial charge in [0.1, 0.15) is 0 Å². The van der Waals surface area contributed by atoms with Crippen molar-refractivity contribution in [3.8, 4) is 11.5 Å². The van der Waals surface area contributed by atoms with Crippen LogP contribution in [0.5, 0.6) is 11.5 Å². The standard InChI is InChI=1S/C25H29N3O5/c1-4-6-9-14-27-23(30)21(24(31)33-5-2)22(16-12-13-19(29)20(15-16)32-3)28-18-11-8-7-10-17(18)26-25(27)28/h7-8,10-13,15,21-22,29H,4-6,9,14H2,1-3H3/t21-,22+/m1/s1. The van der Waals surface area contributed by atoms with Crippen LogP contribution in [0.3, 0.4) is 0 Å². The van der Waals surface area contributed by atoms with Gasteiger partial charge in [-0.15, -0.1) is 0 Å². The smallest absolute Gasteiger partial charge is 0.321 e. The molecule has 174 valence electrons. The Balaban J connectivity index is 1.96. The van der Waals surface area contributed by atoms with E-state index in [-0.39, 0.29) is 24.0 Å². The Kier molecular flexibility index (Phi) is 6.53. The molecule has 1 N–H and O–H groups in total. The van der Waals surface area contributed by atoms with Crippen molar-refractivity contribution in [2.24, 2.45) is 5.92 Å². The Labute approximate surface area is 192 Å². The molecule has 1 aliphatic rings. The summed E-state index contributed by atoms with van der Waals surface area (Å²) < 4.78 is 12.6. The first-order valence-electron chi connectivity index (χ1n) is 11.3. The molecule has 2 aromatic carbocycles. The molecule has 3 aromatic rings. The largest absolute Gasteiger partial charge is 0.504 e. The molecule has 0 saturated carbocycles. The third kappa shape index (κ3) is 4.01. The highest BCUT2D eigenvalue weighted by molar-refractivity contribution is 6.08. The Morgan fingerprint density at radius 2 is 1.94 bits per heavy atom. The molecule has 0 radical (unpaired) electrons. The van der Waals surface area contributed by atoms with E-state index in [0.717, 1.165) is 30.3 Å². The topological polar surface area (TPSA) is 93.9 Å². The number of hydrogen-bond acceptors (Lipinski definition) is 6. The minimum Gasteiger partial charge on any atom is -0.504 e. The van der Waals surface area contributed by atoms with Crippen molar-refractivity contribution < 1.29 is 24.2 Å².